The van der Waals surface area contributed by atoms with E-state index >= 15 is 0 Å². The number of nitrogens with zero attached hydrogens (tertiary/aromatic N) is 4. The van der Waals surface area contributed by atoms with Crippen LogP contribution in [-0.4, -0.2) is 19.7 Å². The summed E-state index contributed by atoms with van der Waals surface area (Å²) in [5, 5.41) is 9.44. The molecule has 0 spiro atoms. The summed E-state index contributed by atoms with van der Waals surface area (Å²) in [5.41, 5.74) is 4.27. The minimum atomic E-state index is 0.0253. The van der Waals surface area contributed by atoms with Gasteiger partial charge in [0.1, 0.15) is 4.83 Å². The molecule has 1 aromatic carbocycles. The van der Waals surface area contributed by atoms with E-state index in [1.807, 2.05) is 13.8 Å². The SMILES string of the molecule is Cc1ccc(C)c(-n2c(SCc3nnc(C)o3)nc3sc4c(c3c2=O)CCCC4)c1. The largest absolute Gasteiger partial charge is 0.425 e. The van der Waals surface area contributed by atoms with Gasteiger partial charge in [0.2, 0.25) is 11.8 Å². The molecule has 1 aliphatic rings. The number of thiophene rings is 1. The predicted molar refractivity (Wildman–Crippen MR) is 120 cm³/mol. The molecule has 0 aliphatic heterocycles. The third kappa shape index (κ3) is 3.37. The zero-order chi connectivity index (χ0) is 20.8. The highest BCUT2D eigenvalue weighted by molar-refractivity contribution is 7.98. The van der Waals surface area contributed by atoms with Crippen LogP contribution < -0.4 is 5.56 Å². The lowest BCUT2D eigenvalue weighted by molar-refractivity contribution is 0.485. The summed E-state index contributed by atoms with van der Waals surface area (Å²) in [5.74, 6) is 1.53. The Balaban J connectivity index is 1.72. The summed E-state index contributed by atoms with van der Waals surface area (Å²) in [4.78, 5) is 21.0. The van der Waals surface area contributed by atoms with E-state index in [9.17, 15) is 4.79 Å². The van der Waals surface area contributed by atoms with Crippen molar-refractivity contribution in [2.45, 2.75) is 57.4 Å². The number of rotatable bonds is 4. The molecule has 0 radical (unpaired) electrons. The van der Waals surface area contributed by atoms with Crippen LogP contribution in [0.1, 0.15) is 46.2 Å². The summed E-state index contributed by atoms with van der Waals surface area (Å²) in [6, 6.07) is 6.18. The molecule has 154 valence electrons. The number of fused-ring (bicyclic) bond motifs is 3. The first-order valence-corrected chi connectivity index (χ1v) is 11.9. The van der Waals surface area contributed by atoms with Gasteiger partial charge < -0.3 is 4.42 Å². The molecule has 3 aromatic heterocycles. The van der Waals surface area contributed by atoms with Gasteiger partial charge in [-0.3, -0.25) is 9.36 Å². The van der Waals surface area contributed by atoms with E-state index in [2.05, 4.69) is 28.4 Å². The highest BCUT2D eigenvalue weighted by Crippen LogP contribution is 2.36. The lowest BCUT2D eigenvalue weighted by Gasteiger charge is -2.15. The Morgan fingerprint density at radius 2 is 2.00 bits per heavy atom. The highest BCUT2D eigenvalue weighted by atomic mass is 32.2. The zero-order valence-electron chi connectivity index (χ0n) is 17.2. The maximum Gasteiger partial charge on any atom is 0.267 e. The number of thioether (sulfide) groups is 1. The van der Waals surface area contributed by atoms with Gasteiger partial charge in [-0.25, -0.2) is 4.98 Å². The molecule has 0 amide bonds. The zero-order valence-corrected chi connectivity index (χ0v) is 18.8. The Morgan fingerprint density at radius 3 is 2.80 bits per heavy atom. The molecule has 8 heteroatoms. The molecular formula is C22H22N4O2S2. The molecule has 1 aliphatic carbocycles. The van der Waals surface area contributed by atoms with Crippen LogP contribution in [0.15, 0.2) is 32.6 Å². The van der Waals surface area contributed by atoms with Gasteiger partial charge in [-0.2, -0.15) is 0 Å². The Morgan fingerprint density at radius 1 is 1.17 bits per heavy atom. The van der Waals surface area contributed by atoms with Gasteiger partial charge in [0.05, 0.1) is 16.8 Å². The molecular weight excluding hydrogens is 416 g/mol. The van der Waals surface area contributed by atoms with Gasteiger partial charge >= 0.3 is 0 Å². The number of aryl methyl sites for hydroxylation is 5. The van der Waals surface area contributed by atoms with Gasteiger partial charge in [0.15, 0.2) is 5.16 Å². The van der Waals surface area contributed by atoms with Gasteiger partial charge in [-0.15, -0.1) is 21.5 Å². The van der Waals surface area contributed by atoms with Crippen molar-refractivity contribution >= 4 is 33.3 Å². The Kier molecular flexibility index (Phi) is 4.99. The van der Waals surface area contributed by atoms with Crippen molar-refractivity contribution in [2.24, 2.45) is 0 Å². The molecule has 5 rings (SSSR count). The summed E-state index contributed by atoms with van der Waals surface area (Å²) >= 11 is 3.14. The predicted octanol–water partition coefficient (Wildman–Crippen LogP) is 4.93. The van der Waals surface area contributed by atoms with E-state index in [0.717, 1.165) is 46.3 Å². The quantitative estimate of drug-likeness (QED) is 0.332. The van der Waals surface area contributed by atoms with Crippen LogP contribution in [0, 0.1) is 20.8 Å². The third-order valence-corrected chi connectivity index (χ3v) is 7.57. The van der Waals surface area contributed by atoms with Gasteiger partial charge in [-0.1, -0.05) is 23.9 Å². The molecule has 6 nitrogen and oxygen atoms in total. The summed E-state index contributed by atoms with van der Waals surface area (Å²) in [6.07, 6.45) is 4.33. The Bertz CT molecular complexity index is 1320. The van der Waals surface area contributed by atoms with E-state index in [1.54, 1.807) is 22.8 Å². The molecule has 0 bridgehead atoms. The van der Waals surface area contributed by atoms with Crippen molar-refractivity contribution in [2.75, 3.05) is 0 Å². The number of aromatic nitrogens is 4. The molecule has 0 atom stereocenters. The average molecular weight is 439 g/mol. The number of hydrogen-bond acceptors (Lipinski definition) is 7. The van der Waals surface area contributed by atoms with Gasteiger partial charge in [0.25, 0.3) is 5.56 Å². The molecule has 30 heavy (non-hydrogen) atoms. The first-order chi connectivity index (χ1) is 14.5. The fourth-order valence-electron chi connectivity index (χ4n) is 3.98. The normalized spacial score (nSPS) is 13.7. The van der Waals surface area contributed by atoms with E-state index in [1.165, 1.54) is 28.6 Å². The second kappa shape index (κ2) is 7.67. The van der Waals surface area contributed by atoms with Crippen molar-refractivity contribution in [1.82, 2.24) is 19.7 Å². The standard InChI is InChI=1S/C22H22N4O2S2/c1-12-8-9-13(2)16(10-12)26-21(27)19-15-6-4-5-7-17(15)30-20(19)23-22(26)29-11-18-25-24-14(3)28-18/h8-10H,4-7,11H2,1-3H3. The average Bonchev–Trinajstić information content (AvgIpc) is 3.31. The maximum absolute atomic E-state index is 13.8. The highest BCUT2D eigenvalue weighted by Gasteiger charge is 2.23. The fourth-order valence-corrected chi connectivity index (χ4v) is 6.12. The molecule has 0 saturated heterocycles. The van der Waals surface area contributed by atoms with E-state index in [4.69, 9.17) is 9.40 Å². The van der Waals surface area contributed by atoms with Crippen LogP contribution in [0.25, 0.3) is 15.9 Å². The maximum atomic E-state index is 13.8. The molecule has 0 unspecified atom stereocenters. The van der Waals surface area contributed by atoms with Crippen LogP contribution in [0.4, 0.5) is 0 Å². The smallest absolute Gasteiger partial charge is 0.267 e. The van der Waals surface area contributed by atoms with Crippen molar-refractivity contribution in [3.05, 3.63) is 61.9 Å². The second-order valence-corrected chi connectivity index (χ2v) is 9.75. The molecule has 3 heterocycles. The molecule has 0 N–H and O–H groups in total. The van der Waals surface area contributed by atoms with Crippen molar-refractivity contribution < 1.29 is 4.42 Å². The monoisotopic (exact) mass is 438 g/mol. The minimum absolute atomic E-state index is 0.0253. The van der Waals surface area contributed by atoms with Crippen LogP contribution >= 0.6 is 23.1 Å². The lowest BCUT2D eigenvalue weighted by atomic mass is 9.97. The second-order valence-electron chi connectivity index (χ2n) is 7.72. The Hall–Kier alpha value is -2.45. The van der Waals surface area contributed by atoms with Crippen LogP contribution in [-0.2, 0) is 18.6 Å². The van der Waals surface area contributed by atoms with E-state index in [0.29, 0.717) is 22.7 Å². The summed E-state index contributed by atoms with van der Waals surface area (Å²) in [6.45, 7) is 5.85. The summed E-state index contributed by atoms with van der Waals surface area (Å²) in [7, 11) is 0. The molecule has 0 saturated carbocycles. The van der Waals surface area contributed by atoms with Gasteiger partial charge in [0, 0.05) is 11.8 Å². The number of benzene rings is 1. The van der Waals surface area contributed by atoms with E-state index < -0.39 is 0 Å². The third-order valence-electron chi connectivity index (χ3n) is 5.46. The molecule has 4 aromatic rings. The van der Waals surface area contributed by atoms with Crippen LogP contribution in [0.5, 0.6) is 0 Å². The first kappa shape index (κ1) is 19.5. The van der Waals surface area contributed by atoms with Crippen molar-refractivity contribution in [1.29, 1.82) is 0 Å². The van der Waals surface area contributed by atoms with Crippen LogP contribution in [0.2, 0.25) is 0 Å². The fraction of sp³-hybridized carbons (Fsp3) is 0.364. The van der Waals surface area contributed by atoms with Gasteiger partial charge in [-0.05, 0) is 62.3 Å². The Labute approximate surface area is 182 Å². The lowest BCUT2D eigenvalue weighted by Crippen LogP contribution is -2.23. The van der Waals surface area contributed by atoms with Crippen molar-refractivity contribution in [3.63, 3.8) is 0 Å². The molecule has 0 fully saturated rings. The first-order valence-electron chi connectivity index (χ1n) is 10.1. The van der Waals surface area contributed by atoms with Crippen molar-refractivity contribution in [3.8, 4) is 5.69 Å². The topological polar surface area (TPSA) is 73.8 Å². The summed E-state index contributed by atoms with van der Waals surface area (Å²) < 4.78 is 7.30. The number of hydrogen-bond donors (Lipinski definition) is 0. The van der Waals surface area contributed by atoms with Crippen LogP contribution in [0.3, 0.4) is 0 Å². The van der Waals surface area contributed by atoms with E-state index in [-0.39, 0.29) is 5.56 Å². The minimum Gasteiger partial charge on any atom is -0.425 e.